The zero-order valence-electron chi connectivity index (χ0n) is 8.16. The highest BCUT2D eigenvalue weighted by molar-refractivity contribution is 5.59. The third-order valence-electron chi connectivity index (χ3n) is 2.03. The molecule has 1 aromatic carbocycles. The number of para-hydroxylation sites is 1. The van der Waals surface area contributed by atoms with Gasteiger partial charge in [-0.1, -0.05) is 25.0 Å². The van der Waals surface area contributed by atoms with Gasteiger partial charge in [0.05, 0.1) is 11.6 Å². The molecule has 0 aromatic heterocycles. The van der Waals surface area contributed by atoms with E-state index < -0.39 is 11.6 Å². The molecule has 1 rings (SSSR count). The molecule has 0 saturated heterocycles. The van der Waals surface area contributed by atoms with Crippen molar-refractivity contribution in [3.05, 3.63) is 45.4 Å². The number of nitro groups is 1. The maximum Gasteiger partial charge on any atom is 0.288 e. The molecule has 3 nitrogen and oxygen atoms in total. The van der Waals surface area contributed by atoms with Crippen LogP contribution in [0.2, 0.25) is 0 Å². The van der Waals surface area contributed by atoms with Crippen molar-refractivity contribution in [1.29, 1.82) is 0 Å². The van der Waals surface area contributed by atoms with E-state index in [-0.39, 0.29) is 16.8 Å². The molecule has 1 aromatic rings. The van der Waals surface area contributed by atoms with Gasteiger partial charge in [0, 0.05) is 11.5 Å². The molecule has 0 unspecified atom stereocenters. The SMILES string of the molecule is C#Cc1cccc([C](C)CF)c1[N+](=O)[O-]. The second-order valence-corrected chi connectivity index (χ2v) is 3.02. The van der Waals surface area contributed by atoms with Crippen LogP contribution in [0.25, 0.3) is 0 Å². The summed E-state index contributed by atoms with van der Waals surface area (Å²) in [5.74, 6) is 2.52. The van der Waals surface area contributed by atoms with Crippen molar-refractivity contribution in [1.82, 2.24) is 0 Å². The van der Waals surface area contributed by atoms with Gasteiger partial charge in [0.2, 0.25) is 0 Å². The van der Waals surface area contributed by atoms with Crippen LogP contribution in [0.15, 0.2) is 18.2 Å². The molecular formula is C11H9FNO2. The first kappa shape index (κ1) is 11.2. The molecule has 0 fully saturated rings. The van der Waals surface area contributed by atoms with Crippen LogP contribution in [-0.4, -0.2) is 11.6 Å². The molecule has 0 saturated carbocycles. The normalized spacial score (nSPS) is 10.0. The average molecular weight is 206 g/mol. The molecule has 0 bridgehead atoms. The Bertz CT molecular complexity index is 423. The van der Waals surface area contributed by atoms with E-state index in [1.165, 1.54) is 19.1 Å². The second-order valence-electron chi connectivity index (χ2n) is 3.02. The monoisotopic (exact) mass is 206 g/mol. The summed E-state index contributed by atoms with van der Waals surface area (Å²) in [5.41, 5.74) is 0.235. The third-order valence-corrected chi connectivity index (χ3v) is 2.03. The number of terminal acetylenes is 1. The predicted molar refractivity (Wildman–Crippen MR) is 55.0 cm³/mol. The summed E-state index contributed by atoms with van der Waals surface area (Å²) in [4.78, 5) is 10.2. The van der Waals surface area contributed by atoms with Gasteiger partial charge in [0.15, 0.2) is 0 Å². The Morgan fingerprint density at radius 2 is 2.33 bits per heavy atom. The van der Waals surface area contributed by atoms with Gasteiger partial charge in [-0.3, -0.25) is 14.5 Å². The lowest BCUT2D eigenvalue weighted by molar-refractivity contribution is -0.385. The standard InChI is InChI=1S/C11H9FNO2/c1-3-9-5-4-6-10(8(2)7-12)11(9)13(14)15/h1,4-6H,7H2,2H3. The number of nitrogens with zero attached hydrogens (tertiary/aromatic N) is 1. The first-order chi connectivity index (χ1) is 7.11. The van der Waals surface area contributed by atoms with Crippen molar-refractivity contribution in [2.75, 3.05) is 6.67 Å². The fraction of sp³-hybridized carbons (Fsp3) is 0.182. The maximum absolute atomic E-state index is 12.4. The van der Waals surface area contributed by atoms with E-state index in [2.05, 4.69) is 5.92 Å². The average Bonchev–Trinajstić information content (AvgIpc) is 2.26. The van der Waals surface area contributed by atoms with Crippen molar-refractivity contribution in [3.63, 3.8) is 0 Å². The predicted octanol–water partition coefficient (Wildman–Crippen LogP) is 2.49. The van der Waals surface area contributed by atoms with Gasteiger partial charge in [-0.05, 0) is 6.07 Å². The summed E-state index contributed by atoms with van der Waals surface area (Å²) < 4.78 is 12.4. The van der Waals surface area contributed by atoms with Gasteiger partial charge in [-0.15, -0.1) is 6.42 Å². The highest BCUT2D eigenvalue weighted by atomic mass is 19.1. The van der Waals surface area contributed by atoms with Gasteiger partial charge in [0.25, 0.3) is 5.69 Å². The first-order valence-electron chi connectivity index (χ1n) is 4.24. The number of hydrogen-bond acceptors (Lipinski definition) is 2. The van der Waals surface area contributed by atoms with E-state index in [1.54, 1.807) is 6.07 Å². The minimum absolute atomic E-state index is 0.172. The van der Waals surface area contributed by atoms with E-state index in [4.69, 9.17) is 6.42 Å². The Hall–Kier alpha value is -1.89. The van der Waals surface area contributed by atoms with Crippen LogP contribution in [0.1, 0.15) is 18.1 Å². The lowest BCUT2D eigenvalue weighted by Gasteiger charge is -2.07. The minimum Gasteiger partial charge on any atom is -0.258 e. The molecule has 1 radical (unpaired) electrons. The Kier molecular flexibility index (Phi) is 3.40. The molecule has 0 aliphatic heterocycles. The van der Waals surface area contributed by atoms with E-state index in [1.807, 2.05) is 0 Å². The highest BCUT2D eigenvalue weighted by Gasteiger charge is 2.22. The molecule has 15 heavy (non-hydrogen) atoms. The van der Waals surface area contributed by atoms with Gasteiger partial charge in [0.1, 0.15) is 5.56 Å². The molecule has 0 atom stereocenters. The van der Waals surface area contributed by atoms with E-state index in [0.717, 1.165) is 0 Å². The van der Waals surface area contributed by atoms with E-state index in [9.17, 15) is 14.5 Å². The Morgan fingerprint density at radius 3 is 2.80 bits per heavy atom. The van der Waals surface area contributed by atoms with Gasteiger partial charge >= 0.3 is 0 Å². The number of nitro benzene ring substituents is 1. The third kappa shape index (κ3) is 2.13. The van der Waals surface area contributed by atoms with Crippen molar-refractivity contribution in [3.8, 4) is 12.3 Å². The van der Waals surface area contributed by atoms with Gasteiger partial charge < -0.3 is 0 Å². The van der Waals surface area contributed by atoms with Crippen LogP contribution < -0.4 is 0 Å². The van der Waals surface area contributed by atoms with Crippen molar-refractivity contribution >= 4 is 5.69 Å². The summed E-state index contributed by atoms with van der Waals surface area (Å²) in [6.45, 7) is 0.775. The number of halogens is 1. The summed E-state index contributed by atoms with van der Waals surface area (Å²) in [5, 5.41) is 10.8. The first-order valence-corrected chi connectivity index (χ1v) is 4.24. The number of rotatable bonds is 3. The summed E-state index contributed by atoms with van der Waals surface area (Å²) in [7, 11) is 0. The fourth-order valence-corrected chi connectivity index (χ4v) is 1.27. The smallest absolute Gasteiger partial charge is 0.258 e. The van der Waals surface area contributed by atoms with Gasteiger partial charge in [-0.25, -0.2) is 0 Å². The zero-order chi connectivity index (χ0) is 11.4. The summed E-state index contributed by atoms with van der Waals surface area (Å²) in [6.07, 6.45) is 5.14. The van der Waals surface area contributed by atoms with Crippen LogP contribution in [0.4, 0.5) is 10.1 Å². The molecule has 0 heterocycles. The fourth-order valence-electron chi connectivity index (χ4n) is 1.27. The number of benzene rings is 1. The second kappa shape index (κ2) is 4.56. The Balaban J connectivity index is 3.40. The van der Waals surface area contributed by atoms with Crippen LogP contribution in [0, 0.1) is 28.4 Å². The topological polar surface area (TPSA) is 43.1 Å². The van der Waals surface area contributed by atoms with Crippen molar-refractivity contribution < 1.29 is 9.31 Å². The Labute approximate surface area is 87.1 Å². The quantitative estimate of drug-likeness (QED) is 0.433. The van der Waals surface area contributed by atoms with Crippen LogP contribution in [0.5, 0.6) is 0 Å². The maximum atomic E-state index is 12.4. The summed E-state index contributed by atoms with van der Waals surface area (Å²) >= 11 is 0. The zero-order valence-corrected chi connectivity index (χ0v) is 8.16. The Morgan fingerprint density at radius 1 is 1.67 bits per heavy atom. The lowest BCUT2D eigenvalue weighted by Crippen LogP contribution is -2.04. The molecule has 0 amide bonds. The summed E-state index contributed by atoms with van der Waals surface area (Å²) in [6, 6.07) is 4.54. The molecular weight excluding hydrogens is 197 g/mol. The highest BCUT2D eigenvalue weighted by Crippen LogP contribution is 2.29. The van der Waals surface area contributed by atoms with Gasteiger partial charge in [-0.2, -0.15) is 0 Å². The molecule has 0 spiro atoms. The molecule has 4 heteroatoms. The number of hydrogen-bond donors (Lipinski definition) is 0. The molecule has 77 valence electrons. The molecule has 0 N–H and O–H groups in total. The minimum atomic E-state index is -0.727. The number of alkyl halides is 1. The van der Waals surface area contributed by atoms with Crippen molar-refractivity contribution in [2.45, 2.75) is 6.92 Å². The molecule has 0 aliphatic rings. The van der Waals surface area contributed by atoms with Crippen LogP contribution in [0.3, 0.4) is 0 Å². The largest absolute Gasteiger partial charge is 0.288 e. The van der Waals surface area contributed by atoms with E-state index >= 15 is 0 Å². The molecule has 0 aliphatic carbocycles. The van der Waals surface area contributed by atoms with Crippen molar-refractivity contribution in [2.24, 2.45) is 0 Å². The van der Waals surface area contributed by atoms with Crippen LogP contribution in [-0.2, 0) is 0 Å². The van der Waals surface area contributed by atoms with E-state index in [0.29, 0.717) is 5.92 Å². The van der Waals surface area contributed by atoms with Crippen LogP contribution >= 0.6 is 0 Å². The lowest BCUT2D eigenvalue weighted by atomic mass is 9.97.